The third kappa shape index (κ3) is 2.44. The largest absolute Gasteiger partial charge is 0.492 e. The fraction of sp³-hybridized carbons (Fsp3) is 0.455. The van der Waals surface area contributed by atoms with Gasteiger partial charge in [0.25, 0.3) is 0 Å². The summed E-state index contributed by atoms with van der Waals surface area (Å²) in [5.74, 6) is 1.15. The molecule has 4 heteroatoms. The van der Waals surface area contributed by atoms with E-state index in [1.54, 1.807) is 28.1 Å². The Hall–Kier alpha value is -0.740. The van der Waals surface area contributed by atoms with Gasteiger partial charge in [-0.3, -0.25) is 0 Å². The van der Waals surface area contributed by atoms with Crippen molar-refractivity contribution >= 4 is 15.9 Å². The Kier molecular flexibility index (Phi) is 3.62. The second-order valence-corrected chi connectivity index (χ2v) is 4.57. The van der Waals surface area contributed by atoms with Gasteiger partial charge in [-0.05, 0) is 35.8 Å². The van der Waals surface area contributed by atoms with Crippen molar-refractivity contribution < 1.29 is 14.6 Å². The highest BCUT2D eigenvalue weighted by molar-refractivity contribution is 9.10. The molecule has 0 heterocycles. The van der Waals surface area contributed by atoms with Crippen LogP contribution in [-0.2, 0) is 5.60 Å². The van der Waals surface area contributed by atoms with Crippen LogP contribution in [0.5, 0.6) is 11.5 Å². The molecule has 0 aliphatic carbocycles. The van der Waals surface area contributed by atoms with Gasteiger partial charge in [-0.1, -0.05) is 6.07 Å². The fourth-order valence-corrected chi connectivity index (χ4v) is 1.89. The highest BCUT2D eigenvalue weighted by atomic mass is 79.9. The summed E-state index contributed by atoms with van der Waals surface area (Å²) < 4.78 is 11.3. The Morgan fingerprint density at radius 3 is 2.07 bits per heavy atom. The molecule has 84 valence electrons. The van der Waals surface area contributed by atoms with E-state index in [2.05, 4.69) is 15.9 Å². The van der Waals surface area contributed by atoms with Gasteiger partial charge in [0.2, 0.25) is 0 Å². The molecule has 3 nitrogen and oxygen atoms in total. The van der Waals surface area contributed by atoms with Crippen molar-refractivity contribution in [3.8, 4) is 11.5 Å². The maximum absolute atomic E-state index is 9.96. The Bertz CT molecular complexity index is 356. The van der Waals surface area contributed by atoms with Crippen LogP contribution < -0.4 is 9.47 Å². The Morgan fingerprint density at radius 2 is 1.67 bits per heavy atom. The molecule has 1 rings (SSSR count). The van der Waals surface area contributed by atoms with Crippen molar-refractivity contribution in [1.82, 2.24) is 0 Å². The predicted octanol–water partition coefficient (Wildman–Crippen LogP) is 2.69. The minimum absolute atomic E-state index is 0.555. The fourth-order valence-electron chi connectivity index (χ4n) is 1.41. The van der Waals surface area contributed by atoms with Crippen LogP contribution >= 0.6 is 15.9 Å². The molecular weight excluding hydrogens is 260 g/mol. The number of ether oxygens (including phenoxy) is 2. The van der Waals surface area contributed by atoms with Crippen molar-refractivity contribution in [3.05, 3.63) is 22.2 Å². The molecule has 1 N–H and O–H groups in total. The molecule has 15 heavy (non-hydrogen) atoms. The summed E-state index contributed by atoms with van der Waals surface area (Å²) in [5, 5.41) is 9.96. The van der Waals surface area contributed by atoms with Gasteiger partial charge in [0, 0.05) is 5.56 Å². The molecule has 0 aliphatic rings. The van der Waals surface area contributed by atoms with Crippen LogP contribution in [0.25, 0.3) is 0 Å². The van der Waals surface area contributed by atoms with Crippen LogP contribution in [-0.4, -0.2) is 19.3 Å². The van der Waals surface area contributed by atoms with Crippen molar-refractivity contribution in [2.45, 2.75) is 19.4 Å². The van der Waals surface area contributed by atoms with E-state index in [4.69, 9.17) is 9.47 Å². The number of hydrogen-bond donors (Lipinski definition) is 1. The highest BCUT2D eigenvalue weighted by Crippen LogP contribution is 2.41. The smallest absolute Gasteiger partial charge is 0.175 e. The first kappa shape index (κ1) is 12.3. The van der Waals surface area contributed by atoms with Crippen molar-refractivity contribution in [3.63, 3.8) is 0 Å². The molecule has 0 fully saturated rings. The first-order chi connectivity index (χ1) is 6.91. The van der Waals surface area contributed by atoms with Crippen molar-refractivity contribution in [1.29, 1.82) is 0 Å². The van der Waals surface area contributed by atoms with Crippen molar-refractivity contribution in [2.24, 2.45) is 0 Å². The number of benzene rings is 1. The lowest BCUT2D eigenvalue weighted by atomic mass is 9.97. The van der Waals surface area contributed by atoms with E-state index >= 15 is 0 Å². The van der Waals surface area contributed by atoms with Crippen LogP contribution in [0.15, 0.2) is 16.6 Å². The molecule has 0 unspecified atom stereocenters. The second-order valence-electron chi connectivity index (χ2n) is 3.72. The zero-order chi connectivity index (χ0) is 11.6. The van der Waals surface area contributed by atoms with E-state index in [-0.39, 0.29) is 0 Å². The molecule has 0 aliphatic heterocycles. The van der Waals surface area contributed by atoms with E-state index in [1.165, 1.54) is 0 Å². The number of aliphatic hydroxyl groups is 1. The molecule has 0 atom stereocenters. The third-order valence-corrected chi connectivity index (χ3v) is 2.76. The SMILES string of the molecule is COc1c(Br)ccc(C(C)(C)O)c1OC. The number of rotatable bonds is 3. The first-order valence-electron chi connectivity index (χ1n) is 4.55. The van der Waals surface area contributed by atoms with Gasteiger partial charge in [-0.15, -0.1) is 0 Å². The van der Waals surface area contributed by atoms with Gasteiger partial charge >= 0.3 is 0 Å². The van der Waals surface area contributed by atoms with E-state index in [0.717, 1.165) is 4.47 Å². The van der Waals surface area contributed by atoms with Crippen LogP contribution in [0.3, 0.4) is 0 Å². The molecule has 0 radical (unpaired) electrons. The lowest BCUT2D eigenvalue weighted by Gasteiger charge is -2.22. The van der Waals surface area contributed by atoms with Crippen LogP contribution in [0, 0.1) is 0 Å². The zero-order valence-corrected chi connectivity index (χ0v) is 10.9. The Balaban J connectivity index is 3.42. The summed E-state index contributed by atoms with van der Waals surface area (Å²) in [6.45, 7) is 3.41. The summed E-state index contributed by atoms with van der Waals surface area (Å²) in [6.07, 6.45) is 0. The van der Waals surface area contributed by atoms with E-state index in [1.807, 2.05) is 12.1 Å². The molecule has 0 amide bonds. The van der Waals surface area contributed by atoms with Gasteiger partial charge in [0.15, 0.2) is 11.5 Å². The van der Waals surface area contributed by atoms with Gasteiger partial charge in [0.05, 0.1) is 24.3 Å². The topological polar surface area (TPSA) is 38.7 Å². The summed E-state index contributed by atoms with van der Waals surface area (Å²) in [6, 6.07) is 3.64. The molecule has 0 spiro atoms. The Morgan fingerprint density at radius 1 is 1.13 bits per heavy atom. The maximum atomic E-state index is 9.96. The van der Waals surface area contributed by atoms with Crippen molar-refractivity contribution in [2.75, 3.05) is 14.2 Å². The molecule has 0 saturated heterocycles. The van der Waals surface area contributed by atoms with E-state index in [9.17, 15) is 5.11 Å². The van der Waals surface area contributed by atoms with Crippen LogP contribution in [0.2, 0.25) is 0 Å². The second kappa shape index (κ2) is 4.41. The number of halogens is 1. The van der Waals surface area contributed by atoms with Gasteiger partial charge < -0.3 is 14.6 Å². The molecular formula is C11H15BrO3. The van der Waals surface area contributed by atoms with Gasteiger partial charge in [0.1, 0.15) is 0 Å². The minimum Gasteiger partial charge on any atom is -0.492 e. The molecule has 1 aromatic carbocycles. The summed E-state index contributed by atoms with van der Waals surface area (Å²) in [4.78, 5) is 0. The lowest BCUT2D eigenvalue weighted by Crippen LogP contribution is -2.17. The van der Waals surface area contributed by atoms with E-state index < -0.39 is 5.60 Å². The van der Waals surface area contributed by atoms with Crippen LogP contribution in [0.1, 0.15) is 19.4 Å². The lowest BCUT2D eigenvalue weighted by molar-refractivity contribution is 0.0751. The van der Waals surface area contributed by atoms with E-state index in [0.29, 0.717) is 17.1 Å². The quantitative estimate of drug-likeness (QED) is 0.921. The molecule has 0 saturated carbocycles. The average Bonchev–Trinajstić information content (AvgIpc) is 2.15. The highest BCUT2D eigenvalue weighted by Gasteiger charge is 2.24. The molecule has 0 bridgehead atoms. The summed E-state index contributed by atoms with van der Waals surface area (Å²) in [7, 11) is 3.12. The molecule has 0 aromatic heterocycles. The Labute approximate surface area is 98.1 Å². The predicted molar refractivity (Wildman–Crippen MR) is 62.5 cm³/mol. The van der Waals surface area contributed by atoms with Gasteiger partial charge in [-0.25, -0.2) is 0 Å². The van der Waals surface area contributed by atoms with Crippen LogP contribution in [0.4, 0.5) is 0 Å². The monoisotopic (exact) mass is 274 g/mol. The average molecular weight is 275 g/mol. The first-order valence-corrected chi connectivity index (χ1v) is 5.34. The maximum Gasteiger partial charge on any atom is 0.175 e. The third-order valence-electron chi connectivity index (χ3n) is 2.13. The summed E-state index contributed by atoms with van der Waals surface area (Å²) >= 11 is 3.36. The molecule has 1 aromatic rings. The summed E-state index contributed by atoms with van der Waals surface area (Å²) in [5.41, 5.74) is -0.260. The zero-order valence-electron chi connectivity index (χ0n) is 9.30. The standard InChI is InChI=1S/C11H15BrO3/c1-11(2,13)7-5-6-8(12)10(15-4)9(7)14-3/h5-6,13H,1-4H3. The minimum atomic E-state index is -0.959. The van der Waals surface area contributed by atoms with Gasteiger partial charge in [-0.2, -0.15) is 0 Å². The normalized spacial score (nSPS) is 11.3. The number of methoxy groups -OCH3 is 2. The number of hydrogen-bond acceptors (Lipinski definition) is 3.